The molecule has 1 saturated heterocycles. The quantitative estimate of drug-likeness (QED) is 0.855. The lowest BCUT2D eigenvalue weighted by atomic mass is 9.77. The summed E-state index contributed by atoms with van der Waals surface area (Å²) in [6.07, 6.45) is 3.32. The highest BCUT2D eigenvalue weighted by Gasteiger charge is 2.39. The maximum atomic E-state index is 12.8. The van der Waals surface area contributed by atoms with E-state index in [0.29, 0.717) is 5.91 Å². The van der Waals surface area contributed by atoms with Crippen LogP contribution in [0.15, 0.2) is 11.4 Å². The Morgan fingerprint density at radius 2 is 2.37 bits per heavy atom. The molecule has 3 nitrogen and oxygen atoms in total. The lowest BCUT2D eigenvalue weighted by molar-refractivity contribution is -0.138. The summed E-state index contributed by atoms with van der Waals surface area (Å²) in [5.74, 6) is 0.293. The molecule has 3 heterocycles. The van der Waals surface area contributed by atoms with Gasteiger partial charge in [-0.3, -0.25) is 4.79 Å². The zero-order valence-corrected chi connectivity index (χ0v) is 12.6. The summed E-state index contributed by atoms with van der Waals surface area (Å²) < 4.78 is 0. The van der Waals surface area contributed by atoms with E-state index in [1.165, 1.54) is 16.9 Å². The number of carbonyl (C=O) groups excluding carboxylic acids is 1. The Kier molecular flexibility index (Phi) is 3.39. The average molecular weight is 278 g/mol. The van der Waals surface area contributed by atoms with Gasteiger partial charge in [-0.1, -0.05) is 13.8 Å². The predicted octanol–water partition coefficient (Wildman–Crippen LogP) is 2.41. The Balaban J connectivity index is 1.74. The van der Waals surface area contributed by atoms with Crippen molar-refractivity contribution in [1.29, 1.82) is 0 Å². The van der Waals surface area contributed by atoms with E-state index in [2.05, 4.69) is 30.6 Å². The molecule has 1 aromatic rings. The summed E-state index contributed by atoms with van der Waals surface area (Å²) in [7, 11) is 0. The van der Waals surface area contributed by atoms with E-state index >= 15 is 0 Å². The van der Waals surface area contributed by atoms with Crippen LogP contribution in [-0.2, 0) is 17.8 Å². The summed E-state index contributed by atoms with van der Waals surface area (Å²) in [5, 5.41) is 5.58. The summed E-state index contributed by atoms with van der Waals surface area (Å²) in [5.41, 5.74) is 1.42. The first-order valence-electron chi connectivity index (χ1n) is 7.15. The lowest BCUT2D eigenvalue weighted by Gasteiger charge is -2.41. The zero-order valence-electron chi connectivity index (χ0n) is 11.7. The molecule has 0 radical (unpaired) electrons. The van der Waals surface area contributed by atoms with E-state index in [1.54, 1.807) is 0 Å². The van der Waals surface area contributed by atoms with Gasteiger partial charge in [0, 0.05) is 18.0 Å². The van der Waals surface area contributed by atoms with E-state index in [-0.39, 0.29) is 11.5 Å². The van der Waals surface area contributed by atoms with Crippen molar-refractivity contribution in [3.63, 3.8) is 0 Å². The second-order valence-corrected chi connectivity index (χ2v) is 7.36. The number of hydrogen-bond acceptors (Lipinski definition) is 3. The fourth-order valence-electron chi connectivity index (χ4n) is 3.25. The van der Waals surface area contributed by atoms with Crippen LogP contribution in [0.5, 0.6) is 0 Å². The van der Waals surface area contributed by atoms with Crippen molar-refractivity contribution in [3.8, 4) is 0 Å². The highest BCUT2D eigenvalue weighted by Crippen LogP contribution is 2.32. The molecule has 0 spiro atoms. The number of nitrogens with zero attached hydrogens (tertiary/aromatic N) is 1. The van der Waals surface area contributed by atoms with Crippen LogP contribution < -0.4 is 5.32 Å². The molecule has 1 unspecified atom stereocenters. The van der Waals surface area contributed by atoms with Gasteiger partial charge >= 0.3 is 0 Å². The summed E-state index contributed by atoms with van der Waals surface area (Å²) in [6.45, 7) is 7.06. The molecule has 1 N–H and O–H groups in total. The van der Waals surface area contributed by atoms with Crippen molar-refractivity contribution < 1.29 is 4.79 Å². The Morgan fingerprint density at radius 1 is 1.53 bits per heavy atom. The Hall–Kier alpha value is -0.870. The van der Waals surface area contributed by atoms with Crippen LogP contribution in [0.2, 0.25) is 0 Å². The number of carbonyl (C=O) groups is 1. The lowest BCUT2D eigenvalue weighted by Crippen LogP contribution is -2.57. The van der Waals surface area contributed by atoms with E-state index in [1.807, 2.05) is 16.2 Å². The minimum atomic E-state index is -0.0126. The molecule has 104 valence electrons. The van der Waals surface area contributed by atoms with Gasteiger partial charge in [0.25, 0.3) is 0 Å². The van der Waals surface area contributed by atoms with E-state index in [4.69, 9.17) is 0 Å². The van der Waals surface area contributed by atoms with Crippen LogP contribution in [0.4, 0.5) is 0 Å². The van der Waals surface area contributed by atoms with Crippen LogP contribution in [0.1, 0.15) is 37.1 Å². The van der Waals surface area contributed by atoms with Gasteiger partial charge in [-0.25, -0.2) is 0 Å². The first kappa shape index (κ1) is 13.1. The van der Waals surface area contributed by atoms with Crippen LogP contribution in [0, 0.1) is 5.41 Å². The maximum Gasteiger partial charge on any atom is 0.240 e. The Morgan fingerprint density at radius 3 is 3.16 bits per heavy atom. The van der Waals surface area contributed by atoms with Gasteiger partial charge in [0.05, 0.1) is 6.04 Å². The molecule has 2 aliphatic heterocycles. The molecule has 4 heteroatoms. The minimum Gasteiger partial charge on any atom is -0.337 e. The standard InChI is InChI=1S/C15H22N2OS/c1-15(2)6-3-7-16-13(15)14(18)17-8-4-12-11(10-17)5-9-19-12/h5,9,13,16H,3-4,6-8,10H2,1-2H3. The Labute approximate surface area is 119 Å². The molecule has 0 aromatic carbocycles. The number of hydrogen-bond donors (Lipinski definition) is 1. The average Bonchev–Trinajstić information content (AvgIpc) is 2.84. The monoisotopic (exact) mass is 278 g/mol. The summed E-state index contributed by atoms with van der Waals surface area (Å²) >= 11 is 1.82. The normalized spacial score (nSPS) is 26.0. The highest BCUT2D eigenvalue weighted by atomic mass is 32.1. The van der Waals surface area contributed by atoms with Crippen LogP contribution >= 0.6 is 11.3 Å². The third-order valence-corrected chi connectivity index (χ3v) is 5.52. The number of thiophene rings is 1. The number of fused-ring (bicyclic) bond motifs is 1. The Bertz CT molecular complexity index is 480. The summed E-state index contributed by atoms with van der Waals surface area (Å²) in [4.78, 5) is 16.3. The minimum absolute atomic E-state index is 0.0126. The van der Waals surface area contributed by atoms with Crippen molar-refractivity contribution in [2.45, 2.75) is 45.7 Å². The number of amides is 1. The van der Waals surface area contributed by atoms with Gasteiger partial charge in [0.1, 0.15) is 0 Å². The number of nitrogens with one attached hydrogen (secondary N) is 1. The van der Waals surface area contributed by atoms with Gasteiger partial charge in [0.15, 0.2) is 0 Å². The fourth-order valence-corrected chi connectivity index (χ4v) is 4.14. The van der Waals surface area contributed by atoms with Crippen LogP contribution in [0.3, 0.4) is 0 Å². The van der Waals surface area contributed by atoms with Gasteiger partial charge in [-0.2, -0.15) is 0 Å². The zero-order chi connectivity index (χ0) is 13.5. The topological polar surface area (TPSA) is 32.3 Å². The van der Waals surface area contributed by atoms with Crippen LogP contribution in [0.25, 0.3) is 0 Å². The van der Waals surface area contributed by atoms with Gasteiger partial charge in [0.2, 0.25) is 5.91 Å². The van der Waals surface area contributed by atoms with Crippen molar-refractivity contribution in [3.05, 3.63) is 21.9 Å². The first-order chi connectivity index (χ1) is 9.08. The predicted molar refractivity (Wildman–Crippen MR) is 78.2 cm³/mol. The molecule has 3 rings (SSSR count). The van der Waals surface area contributed by atoms with Gasteiger partial charge < -0.3 is 10.2 Å². The number of rotatable bonds is 1. The van der Waals surface area contributed by atoms with E-state index in [9.17, 15) is 4.79 Å². The molecule has 1 atom stereocenters. The second kappa shape index (κ2) is 4.91. The van der Waals surface area contributed by atoms with Gasteiger partial charge in [-0.05, 0) is 48.2 Å². The molecule has 0 saturated carbocycles. The largest absolute Gasteiger partial charge is 0.337 e. The molecule has 1 amide bonds. The van der Waals surface area contributed by atoms with Gasteiger partial charge in [-0.15, -0.1) is 11.3 Å². The van der Waals surface area contributed by atoms with Crippen LogP contribution in [-0.4, -0.2) is 29.9 Å². The number of piperidine rings is 1. The highest BCUT2D eigenvalue weighted by molar-refractivity contribution is 7.10. The molecular formula is C15H22N2OS. The van der Waals surface area contributed by atoms with E-state index in [0.717, 1.165) is 32.5 Å². The SMILES string of the molecule is CC1(C)CCCNC1C(=O)N1CCc2sccc2C1. The molecule has 19 heavy (non-hydrogen) atoms. The molecule has 0 aliphatic carbocycles. The molecule has 0 bridgehead atoms. The molecule has 2 aliphatic rings. The van der Waals surface area contributed by atoms with Crippen molar-refractivity contribution in [2.24, 2.45) is 5.41 Å². The smallest absolute Gasteiger partial charge is 0.240 e. The van der Waals surface area contributed by atoms with Crippen molar-refractivity contribution >= 4 is 17.2 Å². The fraction of sp³-hybridized carbons (Fsp3) is 0.667. The molecular weight excluding hydrogens is 256 g/mol. The van der Waals surface area contributed by atoms with Crippen molar-refractivity contribution in [2.75, 3.05) is 13.1 Å². The first-order valence-corrected chi connectivity index (χ1v) is 8.03. The summed E-state index contributed by atoms with van der Waals surface area (Å²) in [6, 6.07) is 2.15. The van der Waals surface area contributed by atoms with Crippen molar-refractivity contribution in [1.82, 2.24) is 10.2 Å². The third-order valence-electron chi connectivity index (χ3n) is 4.49. The maximum absolute atomic E-state index is 12.8. The molecule has 1 aromatic heterocycles. The molecule has 1 fully saturated rings. The second-order valence-electron chi connectivity index (χ2n) is 6.36. The third kappa shape index (κ3) is 2.43. The van der Waals surface area contributed by atoms with E-state index < -0.39 is 0 Å².